The maximum Gasteiger partial charge on any atom is 0.238 e. The van der Waals surface area contributed by atoms with Crippen molar-refractivity contribution < 1.29 is 23.2 Å². The molecule has 1 amide bonds. The second-order valence-corrected chi connectivity index (χ2v) is 9.19. The van der Waals surface area contributed by atoms with Crippen molar-refractivity contribution in [2.75, 3.05) is 10.2 Å². The number of carbonyl (C=O) groups is 3. The number of amides is 1. The Morgan fingerprint density at radius 3 is 2.43 bits per heavy atom. The zero-order valence-electron chi connectivity index (χ0n) is 18.7. The molecule has 7 heteroatoms. The van der Waals surface area contributed by atoms with Gasteiger partial charge < -0.3 is 10.2 Å². The van der Waals surface area contributed by atoms with Crippen LogP contribution < -0.4 is 10.2 Å². The SMILES string of the molecule is CC(=O)[C@@H]1[C@@H](C(=O)c2ccc(F)cc2)[C@]2(C(=O)Nc3ccccc32)[C@H]2C=Cc3cc(F)ccc3N12. The molecule has 1 fully saturated rings. The van der Waals surface area contributed by atoms with Gasteiger partial charge in [-0.1, -0.05) is 30.4 Å². The monoisotopic (exact) mass is 470 g/mol. The van der Waals surface area contributed by atoms with E-state index in [0.29, 0.717) is 22.5 Å². The fourth-order valence-electron chi connectivity index (χ4n) is 6.10. The van der Waals surface area contributed by atoms with Crippen LogP contribution in [0, 0.1) is 17.6 Å². The van der Waals surface area contributed by atoms with E-state index in [-0.39, 0.29) is 17.3 Å². The van der Waals surface area contributed by atoms with Gasteiger partial charge in [-0.05, 0) is 61.0 Å². The van der Waals surface area contributed by atoms with Gasteiger partial charge in [-0.15, -0.1) is 0 Å². The molecular formula is C28H20F2N2O3. The average Bonchev–Trinajstić information content (AvgIpc) is 3.32. The van der Waals surface area contributed by atoms with Gasteiger partial charge in [-0.2, -0.15) is 0 Å². The second-order valence-electron chi connectivity index (χ2n) is 9.19. The number of nitrogens with zero attached hydrogens (tertiary/aromatic N) is 1. The lowest BCUT2D eigenvalue weighted by atomic mass is 9.64. The minimum Gasteiger partial charge on any atom is -0.352 e. The van der Waals surface area contributed by atoms with Gasteiger partial charge in [-0.25, -0.2) is 8.78 Å². The van der Waals surface area contributed by atoms with Crippen LogP contribution in [0.1, 0.15) is 28.4 Å². The Morgan fingerprint density at radius 2 is 1.69 bits per heavy atom. The predicted octanol–water partition coefficient (Wildman–Crippen LogP) is 4.53. The highest BCUT2D eigenvalue weighted by molar-refractivity contribution is 6.16. The quantitative estimate of drug-likeness (QED) is 0.572. The number of carbonyl (C=O) groups excluding carboxylic acids is 3. The van der Waals surface area contributed by atoms with Crippen molar-refractivity contribution in [2.24, 2.45) is 5.92 Å². The standard InChI is InChI=1S/C28H20F2N2O3/c1-15(33)25-24(26(34)16-6-9-18(29)10-7-16)28(20-4-2-3-5-21(20)31-27(28)35)23-13-8-17-14-19(30)11-12-22(17)32(23)25/h2-14,23-25H,1H3,(H,31,35)/t23-,24+,25-,28-/m1/s1. The van der Waals surface area contributed by atoms with Crippen LogP contribution in [-0.2, 0) is 15.0 Å². The van der Waals surface area contributed by atoms with Gasteiger partial charge in [0.15, 0.2) is 11.6 Å². The van der Waals surface area contributed by atoms with Gasteiger partial charge in [0, 0.05) is 22.5 Å². The molecule has 5 nitrogen and oxygen atoms in total. The summed E-state index contributed by atoms with van der Waals surface area (Å²) >= 11 is 0. The van der Waals surface area contributed by atoms with Crippen LogP contribution >= 0.6 is 0 Å². The molecule has 0 saturated carbocycles. The first-order valence-electron chi connectivity index (χ1n) is 11.3. The zero-order valence-corrected chi connectivity index (χ0v) is 18.7. The van der Waals surface area contributed by atoms with E-state index in [2.05, 4.69) is 5.32 Å². The van der Waals surface area contributed by atoms with Gasteiger partial charge in [0.25, 0.3) is 0 Å². The summed E-state index contributed by atoms with van der Waals surface area (Å²) in [4.78, 5) is 43.1. The molecule has 1 N–H and O–H groups in total. The van der Waals surface area contributed by atoms with Crippen molar-refractivity contribution in [3.05, 3.63) is 101 Å². The third kappa shape index (κ3) is 2.81. The number of hydrogen-bond acceptors (Lipinski definition) is 4. The number of hydrogen-bond donors (Lipinski definition) is 1. The van der Waals surface area contributed by atoms with Crippen molar-refractivity contribution >= 4 is 34.9 Å². The van der Waals surface area contributed by atoms with Crippen molar-refractivity contribution in [3.8, 4) is 0 Å². The molecule has 0 aliphatic carbocycles. The lowest BCUT2D eigenvalue weighted by Crippen LogP contribution is -2.51. The molecule has 0 aromatic heterocycles. The third-order valence-electron chi connectivity index (χ3n) is 7.42. The van der Waals surface area contributed by atoms with Crippen LogP contribution in [0.3, 0.4) is 0 Å². The summed E-state index contributed by atoms with van der Waals surface area (Å²) in [6, 6.07) is 14.8. The molecule has 3 aliphatic heterocycles. The van der Waals surface area contributed by atoms with Crippen LogP contribution in [0.2, 0.25) is 0 Å². The summed E-state index contributed by atoms with van der Waals surface area (Å²) in [6.45, 7) is 1.39. The number of halogens is 2. The normalized spacial score (nSPS) is 25.7. The largest absolute Gasteiger partial charge is 0.352 e. The van der Waals surface area contributed by atoms with Gasteiger partial charge >= 0.3 is 0 Å². The first-order valence-corrected chi connectivity index (χ1v) is 11.3. The van der Waals surface area contributed by atoms with Crippen LogP contribution in [0.5, 0.6) is 0 Å². The van der Waals surface area contributed by atoms with Gasteiger partial charge in [0.1, 0.15) is 17.0 Å². The minimum absolute atomic E-state index is 0.211. The number of Topliss-reactive ketones (excluding diaryl/α,β-unsaturated/α-hetero) is 2. The molecule has 3 heterocycles. The fourth-order valence-corrected chi connectivity index (χ4v) is 6.10. The van der Waals surface area contributed by atoms with Crippen molar-refractivity contribution in [1.29, 1.82) is 0 Å². The van der Waals surface area contributed by atoms with Crippen LogP contribution in [0.4, 0.5) is 20.2 Å². The molecular weight excluding hydrogens is 450 g/mol. The zero-order chi connectivity index (χ0) is 24.5. The summed E-state index contributed by atoms with van der Waals surface area (Å²) < 4.78 is 27.7. The van der Waals surface area contributed by atoms with E-state index in [1.807, 2.05) is 0 Å². The first kappa shape index (κ1) is 21.4. The predicted molar refractivity (Wildman–Crippen MR) is 127 cm³/mol. The van der Waals surface area contributed by atoms with Crippen molar-refractivity contribution in [2.45, 2.75) is 24.4 Å². The summed E-state index contributed by atoms with van der Waals surface area (Å²) in [7, 11) is 0. The third-order valence-corrected chi connectivity index (χ3v) is 7.42. The number of para-hydroxylation sites is 1. The molecule has 3 aromatic carbocycles. The fraction of sp³-hybridized carbons (Fsp3) is 0.179. The number of nitrogens with one attached hydrogen (secondary N) is 1. The molecule has 1 spiro atoms. The maximum absolute atomic E-state index is 14.1. The molecule has 3 aliphatic rings. The Kier molecular flexibility index (Phi) is 4.55. The number of ketones is 2. The number of rotatable bonds is 3. The lowest BCUT2D eigenvalue weighted by molar-refractivity contribution is -0.122. The lowest BCUT2D eigenvalue weighted by Gasteiger charge is -2.37. The van der Waals surface area contributed by atoms with Crippen LogP contribution in [0.25, 0.3) is 6.08 Å². The average molecular weight is 470 g/mol. The highest BCUT2D eigenvalue weighted by Gasteiger charge is 2.69. The molecule has 4 atom stereocenters. The first-order chi connectivity index (χ1) is 16.8. The van der Waals surface area contributed by atoms with E-state index in [1.165, 1.54) is 43.3 Å². The van der Waals surface area contributed by atoms with E-state index in [9.17, 15) is 23.2 Å². The second kappa shape index (κ2) is 7.43. The summed E-state index contributed by atoms with van der Waals surface area (Å²) in [6.07, 6.45) is 3.51. The van der Waals surface area contributed by atoms with Gasteiger partial charge in [-0.3, -0.25) is 14.4 Å². The summed E-state index contributed by atoms with van der Waals surface area (Å²) in [5.41, 5.74) is 1.13. The summed E-state index contributed by atoms with van der Waals surface area (Å²) in [5.74, 6) is -3.12. The minimum atomic E-state index is -1.42. The molecule has 1 saturated heterocycles. The van der Waals surface area contributed by atoms with E-state index in [1.54, 1.807) is 47.4 Å². The molecule has 6 rings (SSSR count). The number of anilines is 2. The molecule has 0 bridgehead atoms. The topological polar surface area (TPSA) is 66.5 Å². The number of benzene rings is 3. The molecule has 3 aromatic rings. The Morgan fingerprint density at radius 1 is 0.971 bits per heavy atom. The molecule has 0 radical (unpaired) electrons. The van der Waals surface area contributed by atoms with Crippen molar-refractivity contribution in [3.63, 3.8) is 0 Å². The Hall–Kier alpha value is -4.13. The molecule has 174 valence electrons. The molecule has 35 heavy (non-hydrogen) atoms. The highest BCUT2D eigenvalue weighted by atomic mass is 19.1. The van der Waals surface area contributed by atoms with Crippen molar-refractivity contribution in [1.82, 2.24) is 0 Å². The summed E-state index contributed by atoms with van der Waals surface area (Å²) in [5, 5.41) is 2.92. The highest BCUT2D eigenvalue weighted by Crippen LogP contribution is 2.57. The Balaban J connectivity index is 1.65. The van der Waals surface area contributed by atoms with E-state index in [4.69, 9.17) is 0 Å². The van der Waals surface area contributed by atoms with E-state index >= 15 is 0 Å². The smallest absolute Gasteiger partial charge is 0.238 e. The van der Waals surface area contributed by atoms with E-state index in [0.717, 1.165) is 0 Å². The van der Waals surface area contributed by atoms with Gasteiger partial charge in [0.05, 0.1) is 18.0 Å². The Bertz CT molecular complexity index is 1450. The molecule has 0 unspecified atom stereocenters. The van der Waals surface area contributed by atoms with Crippen LogP contribution in [0.15, 0.2) is 72.8 Å². The maximum atomic E-state index is 14.1. The van der Waals surface area contributed by atoms with E-state index < -0.39 is 40.8 Å². The van der Waals surface area contributed by atoms with Gasteiger partial charge in [0.2, 0.25) is 5.91 Å². The van der Waals surface area contributed by atoms with Crippen LogP contribution in [-0.4, -0.2) is 29.6 Å². The number of fused-ring (bicyclic) bond motifs is 6. The Labute approximate surface area is 200 Å².